The maximum atomic E-state index is 12.1. The molecule has 0 aliphatic rings. The minimum atomic E-state index is -0.158. The van der Waals surface area contributed by atoms with E-state index in [0.717, 1.165) is 0 Å². The number of nitrogens with two attached hydrogens (primary N) is 1. The van der Waals surface area contributed by atoms with Gasteiger partial charge in [-0.15, -0.1) is 0 Å². The van der Waals surface area contributed by atoms with Crippen LogP contribution in [0.1, 0.15) is 13.0 Å². The quantitative estimate of drug-likeness (QED) is 0.863. The minimum absolute atomic E-state index is 0.155. The number of hydrogen-bond donors (Lipinski definition) is 1. The number of nitrogens with zero attached hydrogens (tertiary/aromatic N) is 2. The summed E-state index contributed by atoms with van der Waals surface area (Å²) >= 11 is 6.02. The third-order valence-electron chi connectivity index (χ3n) is 2.54. The Kier molecular flexibility index (Phi) is 2.94. The van der Waals surface area contributed by atoms with Crippen LogP contribution in [0, 0.1) is 0 Å². The highest BCUT2D eigenvalue weighted by atomic mass is 35.5. The molecule has 1 aromatic heterocycles. The van der Waals surface area contributed by atoms with E-state index in [-0.39, 0.29) is 11.6 Å². The molecule has 0 aliphatic carbocycles. The van der Waals surface area contributed by atoms with Crippen LogP contribution in [0.3, 0.4) is 0 Å². The smallest absolute Gasteiger partial charge is 0.275 e. The van der Waals surface area contributed by atoms with Crippen molar-refractivity contribution in [3.05, 3.63) is 39.8 Å². The second-order valence-corrected chi connectivity index (χ2v) is 4.03. The molecule has 5 heteroatoms. The summed E-state index contributed by atoms with van der Waals surface area (Å²) in [6.45, 7) is 2.18. The highest BCUT2D eigenvalue weighted by Crippen LogP contribution is 2.18. The summed E-state index contributed by atoms with van der Waals surface area (Å²) in [5, 5.41) is 5.64. The zero-order valence-corrected chi connectivity index (χ0v) is 9.61. The molecule has 0 aliphatic heterocycles. The van der Waals surface area contributed by atoms with Gasteiger partial charge in [-0.25, -0.2) is 4.68 Å². The van der Waals surface area contributed by atoms with Gasteiger partial charge in [-0.3, -0.25) is 4.79 Å². The van der Waals surface area contributed by atoms with Crippen LogP contribution >= 0.6 is 11.6 Å². The number of hydrogen-bond acceptors (Lipinski definition) is 3. The molecular formula is C11H12ClN3O. The number of benzene rings is 1. The predicted molar refractivity (Wildman–Crippen MR) is 64.8 cm³/mol. The van der Waals surface area contributed by atoms with E-state index in [1.807, 2.05) is 13.0 Å². The van der Waals surface area contributed by atoms with Gasteiger partial charge in [0.1, 0.15) is 0 Å². The van der Waals surface area contributed by atoms with Gasteiger partial charge in [-0.2, -0.15) is 5.10 Å². The van der Waals surface area contributed by atoms with E-state index < -0.39 is 0 Å². The van der Waals surface area contributed by atoms with E-state index in [1.54, 1.807) is 18.2 Å². The van der Waals surface area contributed by atoms with Gasteiger partial charge in [0.15, 0.2) is 5.15 Å². The van der Waals surface area contributed by atoms with Crippen LogP contribution in [0.5, 0.6) is 0 Å². The Morgan fingerprint density at radius 2 is 2.06 bits per heavy atom. The summed E-state index contributed by atoms with van der Waals surface area (Å²) in [5.74, 6) is 0. The average molecular weight is 238 g/mol. The SMILES string of the molecule is CC(CN)n1nc(Cl)c2ccccc2c1=O. The predicted octanol–water partition coefficient (Wildman–Crippen LogP) is 1.57. The van der Waals surface area contributed by atoms with E-state index in [4.69, 9.17) is 17.3 Å². The molecule has 2 aromatic rings. The normalized spacial score (nSPS) is 12.9. The second kappa shape index (κ2) is 4.23. The fourth-order valence-electron chi connectivity index (χ4n) is 1.57. The zero-order chi connectivity index (χ0) is 11.7. The third-order valence-corrected chi connectivity index (χ3v) is 2.82. The summed E-state index contributed by atoms with van der Waals surface area (Å²) in [5.41, 5.74) is 5.37. The largest absolute Gasteiger partial charge is 0.328 e. The molecule has 0 amide bonds. The number of fused-ring (bicyclic) bond motifs is 1. The van der Waals surface area contributed by atoms with Crippen LogP contribution in [0.15, 0.2) is 29.1 Å². The van der Waals surface area contributed by atoms with E-state index in [9.17, 15) is 4.79 Å². The maximum Gasteiger partial charge on any atom is 0.275 e. The molecule has 1 aromatic carbocycles. The molecule has 0 fully saturated rings. The van der Waals surface area contributed by atoms with Gasteiger partial charge in [0.2, 0.25) is 0 Å². The van der Waals surface area contributed by atoms with Crippen molar-refractivity contribution in [3.8, 4) is 0 Å². The summed E-state index contributed by atoms with van der Waals surface area (Å²) in [6, 6.07) is 6.99. The molecule has 1 heterocycles. The van der Waals surface area contributed by atoms with Gasteiger partial charge in [0.25, 0.3) is 5.56 Å². The van der Waals surface area contributed by atoms with Gasteiger partial charge >= 0.3 is 0 Å². The van der Waals surface area contributed by atoms with Crippen LogP contribution in [0.25, 0.3) is 10.8 Å². The lowest BCUT2D eigenvalue weighted by atomic mass is 10.2. The van der Waals surface area contributed by atoms with E-state index in [2.05, 4.69) is 5.10 Å². The summed E-state index contributed by atoms with van der Waals surface area (Å²) < 4.78 is 1.34. The Labute approximate surface area is 97.6 Å². The Bertz CT molecular complexity index is 579. The maximum absolute atomic E-state index is 12.1. The van der Waals surface area contributed by atoms with Crippen molar-refractivity contribution in [2.24, 2.45) is 5.73 Å². The van der Waals surface area contributed by atoms with Crippen molar-refractivity contribution in [2.45, 2.75) is 13.0 Å². The molecule has 84 valence electrons. The monoisotopic (exact) mass is 237 g/mol. The highest BCUT2D eigenvalue weighted by Gasteiger charge is 2.11. The molecule has 0 radical (unpaired) electrons. The lowest BCUT2D eigenvalue weighted by Crippen LogP contribution is -2.30. The Balaban J connectivity index is 2.81. The molecule has 2 N–H and O–H groups in total. The highest BCUT2D eigenvalue weighted by molar-refractivity contribution is 6.34. The molecule has 0 spiro atoms. The Hall–Kier alpha value is -1.39. The molecule has 2 rings (SSSR count). The van der Waals surface area contributed by atoms with Crippen molar-refractivity contribution >= 4 is 22.4 Å². The van der Waals surface area contributed by atoms with Crippen LogP contribution in [-0.2, 0) is 0 Å². The van der Waals surface area contributed by atoms with E-state index in [1.165, 1.54) is 4.68 Å². The van der Waals surface area contributed by atoms with Crippen LogP contribution in [0.2, 0.25) is 5.15 Å². The average Bonchev–Trinajstić information content (AvgIpc) is 2.33. The lowest BCUT2D eigenvalue weighted by Gasteiger charge is -2.12. The molecule has 1 unspecified atom stereocenters. The number of rotatable bonds is 2. The molecule has 0 saturated heterocycles. The third kappa shape index (κ3) is 1.70. The lowest BCUT2D eigenvalue weighted by molar-refractivity contribution is 0.479. The molecule has 4 nitrogen and oxygen atoms in total. The molecule has 0 saturated carbocycles. The number of aromatic nitrogens is 2. The van der Waals surface area contributed by atoms with Gasteiger partial charge in [0.05, 0.1) is 11.4 Å². The molecular weight excluding hydrogens is 226 g/mol. The Morgan fingerprint density at radius 3 is 2.69 bits per heavy atom. The number of halogens is 1. The van der Waals surface area contributed by atoms with Crippen LogP contribution in [-0.4, -0.2) is 16.3 Å². The minimum Gasteiger partial charge on any atom is -0.328 e. The summed E-state index contributed by atoms with van der Waals surface area (Å²) in [4.78, 5) is 12.1. The van der Waals surface area contributed by atoms with Gasteiger partial charge in [-0.05, 0) is 13.0 Å². The fraction of sp³-hybridized carbons (Fsp3) is 0.273. The summed E-state index contributed by atoms with van der Waals surface area (Å²) in [7, 11) is 0. The zero-order valence-electron chi connectivity index (χ0n) is 8.85. The van der Waals surface area contributed by atoms with Gasteiger partial charge < -0.3 is 5.73 Å². The first-order valence-electron chi connectivity index (χ1n) is 5.02. The van der Waals surface area contributed by atoms with Crippen molar-refractivity contribution in [3.63, 3.8) is 0 Å². The molecule has 0 bridgehead atoms. The van der Waals surface area contributed by atoms with Crippen LogP contribution < -0.4 is 11.3 Å². The van der Waals surface area contributed by atoms with E-state index in [0.29, 0.717) is 22.5 Å². The van der Waals surface area contributed by atoms with Crippen molar-refractivity contribution in [1.82, 2.24) is 9.78 Å². The second-order valence-electron chi connectivity index (χ2n) is 3.67. The first-order valence-corrected chi connectivity index (χ1v) is 5.40. The van der Waals surface area contributed by atoms with Crippen molar-refractivity contribution < 1.29 is 0 Å². The van der Waals surface area contributed by atoms with Crippen LogP contribution in [0.4, 0.5) is 0 Å². The first kappa shape index (κ1) is 11.1. The summed E-state index contributed by atoms with van der Waals surface area (Å²) in [6.07, 6.45) is 0. The van der Waals surface area contributed by atoms with Crippen molar-refractivity contribution in [2.75, 3.05) is 6.54 Å². The molecule has 16 heavy (non-hydrogen) atoms. The Morgan fingerprint density at radius 1 is 1.44 bits per heavy atom. The van der Waals surface area contributed by atoms with E-state index >= 15 is 0 Å². The fourth-order valence-corrected chi connectivity index (χ4v) is 1.81. The van der Waals surface area contributed by atoms with Gasteiger partial charge in [0, 0.05) is 11.9 Å². The van der Waals surface area contributed by atoms with Gasteiger partial charge in [-0.1, -0.05) is 29.8 Å². The first-order chi connectivity index (χ1) is 7.65. The molecule has 1 atom stereocenters. The van der Waals surface area contributed by atoms with Crippen molar-refractivity contribution in [1.29, 1.82) is 0 Å². The standard InChI is InChI=1S/C11H12ClN3O/c1-7(6-13)15-11(16)9-5-3-2-4-8(9)10(12)14-15/h2-5,7H,6,13H2,1H3. The topological polar surface area (TPSA) is 60.9 Å².